The van der Waals surface area contributed by atoms with Gasteiger partial charge in [-0.3, -0.25) is 4.79 Å². The van der Waals surface area contributed by atoms with E-state index in [-0.39, 0.29) is 17.3 Å². The molecule has 106 valence electrons. The van der Waals surface area contributed by atoms with Gasteiger partial charge < -0.3 is 10.6 Å². The summed E-state index contributed by atoms with van der Waals surface area (Å²) >= 11 is 1.51. The lowest BCUT2D eigenvalue weighted by atomic mass is 10.1. The highest BCUT2D eigenvalue weighted by Gasteiger charge is 2.23. The molecule has 1 aromatic heterocycles. The summed E-state index contributed by atoms with van der Waals surface area (Å²) < 4.78 is 26.8. The molecule has 0 spiro atoms. The molecule has 0 saturated heterocycles. The highest BCUT2D eigenvalue weighted by atomic mass is 32.1. The minimum atomic E-state index is -0.910. The molecule has 2 rings (SSSR count). The SMILES string of the molecule is CC(c1cccs1)N(C)C(=O)c1cc(N)c(F)cc1F. The zero-order valence-electron chi connectivity index (χ0n) is 11.1. The first-order chi connectivity index (χ1) is 9.41. The van der Waals surface area contributed by atoms with Crippen LogP contribution in [-0.2, 0) is 0 Å². The van der Waals surface area contributed by atoms with Crippen molar-refractivity contribution >= 4 is 22.9 Å². The van der Waals surface area contributed by atoms with Crippen molar-refractivity contribution in [1.82, 2.24) is 4.90 Å². The van der Waals surface area contributed by atoms with Crippen LogP contribution >= 0.6 is 11.3 Å². The molecule has 0 aliphatic rings. The largest absolute Gasteiger partial charge is 0.396 e. The molecule has 0 radical (unpaired) electrons. The van der Waals surface area contributed by atoms with Crippen molar-refractivity contribution in [2.45, 2.75) is 13.0 Å². The summed E-state index contributed by atoms with van der Waals surface area (Å²) in [7, 11) is 1.58. The molecule has 0 saturated carbocycles. The normalized spacial score (nSPS) is 12.2. The van der Waals surface area contributed by atoms with Crippen LogP contribution in [0.15, 0.2) is 29.6 Å². The molecule has 6 heteroatoms. The lowest BCUT2D eigenvalue weighted by Gasteiger charge is -2.24. The van der Waals surface area contributed by atoms with Crippen LogP contribution in [0.1, 0.15) is 28.2 Å². The fraction of sp³-hybridized carbons (Fsp3) is 0.214. The number of nitrogen functional groups attached to an aromatic ring is 1. The van der Waals surface area contributed by atoms with Gasteiger partial charge in [-0.1, -0.05) is 6.07 Å². The number of thiophene rings is 1. The quantitative estimate of drug-likeness (QED) is 0.882. The maximum absolute atomic E-state index is 13.7. The van der Waals surface area contributed by atoms with Gasteiger partial charge in [-0.05, 0) is 24.4 Å². The summed E-state index contributed by atoms with van der Waals surface area (Å²) in [6, 6.07) is 5.24. The lowest BCUT2D eigenvalue weighted by Crippen LogP contribution is -2.30. The number of nitrogens with two attached hydrogens (primary N) is 1. The van der Waals surface area contributed by atoms with Crippen LogP contribution < -0.4 is 5.73 Å². The van der Waals surface area contributed by atoms with E-state index in [2.05, 4.69) is 0 Å². The Kier molecular flexibility index (Phi) is 4.04. The first kappa shape index (κ1) is 14.5. The fourth-order valence-corrected chi connectivity index (χ4v) is 2.64. The average molecular weight is 296 g/mol. The number of amides is 1. The van der Waals surface area contributed by atoms with E-state index in [1.807, 2.05) is 24.4 Å². The third kappa shape index (κ3) is 2.65. The molecule has 1 amide bonds. The summed E-state index contributed by atoms with van der Waals surface area (Å²) in [5, 5.41) is 1.90. The van der Waals surface area contributed by atoms with E-state index < -0.39 is 17.5 Å². The molecular formula is C14H14F2N2OS. The van der Waals surface area contributed by atoms with Crippen LogP contribution in [0.4, 0.5) is 14.5 Å². The van der Waals surface area contributed by atoms with Crippen LogP contribution in [0.25, 0.3) is 0 Å². The number of hydrogen-bond acceptors (Lipinski definition) is 3. The van der Waals surface area contributed by atoms with Gasteiger partial charge in [-0.25, -0.2) is 8.78 Å². The predicted octanol–water partition coefficient (Wildman–Crippen LogP) is 3.44. The van der Waals surface area contributed by atoms with E-state index in [1.54, 1.807) is 7.05 Å². The number of benzene rings is 1. The molecule has 1 heterocycles. The van der Waals surface area contributed by atoms with Crippen molar-refractivity contribution in [1.29, 1.82) is 0 Å². The van der Waals surface area contributed by atoms with Crippen LogP contribution in [0.5, 0.6) is 0 Å². The smallest absolute Gasteiger partial charge is 0.257 e. The number of carbonyl (C=O) groups excluding carboxylic acids is 1. The number of nitrogens with zero attached hydrogens (tertiary/aromatic N) is 1. The Labute approximate surface area is 119 Å². The van der Waals surface area contributed by atoms with Crippen molar-refractivity contribution in [3.8, 4) is 0 Å². The molecule has 0 aliphatic carbocycles. The maximum atomic E-state index is 13.7. The zero-order chi connectivity index (χ0) is 14.9. The van der Waals surface area contributed by atoms with Crippen LogP contribution in [0, 0.1) is 11.6 Å². The van der Waals surface area contributed by atoms with Crippen molar-refractivity contribution in [3.05, 3.63) is 51.7 Å². The Morgan fingerprint density at radius 2 is 2.05 bits per heavy atom. The average Bonchev–Trinajstić information content (AvgIpc) is 2.94. The zero-order valence-corrected chi connectivity index (χ0v) is 11.9. The summed E-state index contributed by atoms with van der Waals surface area (Å²) in [5.74, 6) is -2.31. The van der Waals surface area contributed by atoms with E-state index in [0.29, 0.717) is 6.07 Å². The Balaban J connectivity index is 2.29. The Morgan fingerprint density at radius 1 is 1.35 bits per heavy atom. The second-order valence-corrected chi connectivity index (χ2v) is 5.44. The molecule has 1 atom stereocenters. The van der Waals surface area contributed by atoms with Gasteiger partial charge in [0.15, 0.2) is 0 Å². The Morgan fingerprint density at radius 3 is 2.65 bits per heavy atom. The third-order valence-electron chi connectivity index (χ3n) is 3.17. The fourth-order valence-electron chi connectivity index (χ4n) is 1.82. The van der Waals surface area contributed by atoms with Gasteiger partial charge in [0.25, 0.3) is 5.91 Å². The van der Waals surface area contributed by atoms with Gasteiger partial charge in [0.05, 0.1) is 17.3 Å². The topological polar surface area (TPSA) is 46.3 Å². The van der Waals surface area contributed by atoms with Gasteiger partial charge in [0.1, 0.15) is 11.6 Å². The number of carbonyl (C=O) groups is 1. The lowest BCUT2D eigenvalue weighted by molar-refractivity contribution is 0.0740. The van der Waals surface area contributed by atoms with Gasteiger partial charge in [0, 0.05) is 18.0 Å². The standard InChI is InChI=1S/C14H14F2N2OS/c1-8(13-4-3-5-20-13)18(2)14(19)9-6-12(17)11(16)7-10(9)15/h3-8H,17H2,1-2H3. The molecule has 3 nitrogen and oxygen atoms in total. The van der Waals surface area contributed by atoms with Crippen molar-refractivity contribution < 1.29 is 13.6 Å². The van der Waals surface area contributed by atoms with Gasteiger partial charge in [-0.15, -0.1) is 11.3 Å². The molecule has 1 unspecified atom stereocenters. The van der Waals surface area contributed by atoms with Crippen molar-refractivity contribution in [3.63, 3.8) is 0 Å². The minimum absolute atomic E-state index is 0.201. The van der Waals surface area contributed by atoms with E-state index in [9.17, 15) is 13.6 Å². The highest BCUT2D eigenvalue weighted by Crippen LogP contribution is 2.26. The molecule has 1 aromatic carbocycles. The molecule has 0 bridgehead atoms. The predicted molar refractivity (Wildman–Crippen MR) is 75.6 cm³/mol. The number of halogens is 2. The second-order valence-electron chi connectivity index (χ2n) is 4.46. The molecular weight excluding hydrogens is 282 g/mol. The summed E-state index contributed by atoms with van der Waals surface area (Å²) in [6.45, 7) is 1.84. The molecule has 2 aromatic rings. The minimum Gasteiger partial charge on any atom is -0.396 e. The van der Waals surface area contributed by atoms with E-state index >= 15 is 0 Å². The Hall–Kier alpha value is -1.95. The number of hydrogen-bond donors (Lipinski definition) is 1. The molecule has 0 aliphatic heterocycles. The summed E-state index contributed by atoms with van der Waals surface area (Å²) in [5.41, 5.74) is 4.92. The van der Waals surface area contributed by atoms with E-state index in [1.165, 1.54) is 16.2 Å². The first-order valence-electron chi connectivity index (χ1n) is 5.97. The molecule has 0 fully saturated rings. The molecule has 20 heavy (non-hydrogen) atoms. The number of anilines is 1. The summed E-state index contributed by atoms with van der Waals surface area (Å²) in [4.78, 5) is 14.7. The third-order valence-corrected chi connectivity index (χ3v) is 4.22. The van der Waals surface area contributed by atoms with Crippen molar-refractivity contribution in [2.24, 2.45) is 0 Å². The highest BCUT2D eigenvalue weighted by molar-refractivity contribution is 7.10. The maximum Gasteiger partial charge on any atom is 0.257 e. The second kappa shape index (κ2) is 5.58. The first-order valence-corrected chi connectivity index (χ1v) is 6.85. The van der Waals surface area contributed by atoms with Crippen LogP contribution in [-0.4, -0.2) is 17.9 Å². The Bertz CT molecular complexity index is 628. The van der Waals surface area contributed by atoms with E-state index in [4.69, 9.17) is 5.73 Å². The van der Waals surface area contributed by atoms with Crippen LogP contribution in [0.3, 0.4) is 0 Å². The van der Waals surface area contributed by atoms with Gasteiger partial charge in [-0.2, -0.15) is 0 Å². The van der Waals surface area contributed by atoms with Gasteiger partial charge in [0.2, 0.25) is 0 Å². The van der Waals surface area contributed by atoms with Gasteiger partial charge >= 0.3 is 0 Å². The van der Waals surface area contributed by atoms with Crippen LogP contribution in [0.2, 0.25) is 0 Å². The van der Waals surface area contributed by atoms with E-state index in [0.717, 1.165) is 10.9 Å². The molecule has 2 N–H and O–H groups in total. The monoisotopic (exact) mass is 296 g/mol. The van der Waals surface area contributed by atoms with Crippen molar-refractivity contribution in [2.75, 3.05) is 12.8 Å². The summed E-state index contributed by atoms with van der Waals surface area (Å²) in [6.07, 6.45) is 0. The number of rotatable bonds is 3.